The number of aromatic nitrogens is 2. The molecule has 0 bridgehead atoms. The maximum absolute atomic E-state index is 5.47. The van der Waals surface area contributed by atoms with E-state index >= 15 is 0 Å². The molecule has 0 spiro atoms. The molecule has 118 valence electrons. The fourth-order valence-corrected chi connectivity index (χ4v) is 3.07. The van der Waals surface area contributed by atoms with Crippen LogP contribution in [0.1, 0.15) is 12.1 Å². The fourth-order valence-electron chi connectivity index (χ4n) is 3.07. The lowest BCUT2D eigenvalue weighted by atomic mass is 10.1. The number of ether oxygens (including phenoxy) is 1. The molecule has 1 saturated heterocycles. The summed E-state index contributed by atoms with van der Waals surface area (Å²) in [6, 6.07) is 8.27. The molecule has 1 aliphatic rings. The molecular weight excluding hydrogens is 276 g/mol. The molecule has 5 heteroatoms. The van der Waals surface area contributed by atoms with Crippen molar-refractivity contribution in [3.8, 4) is 5.75 Å². The number of aryl methyl sites for hydroxylation is 1. The van der Waals surface area contributed by atoms with Crippen LogP contribution in [0.2, 0.25) is 0 Å². The molecule has 2 aromatic rings. The number of methoxy groups -OCH3 is 1. The smallest absolute Gasteiger partial charge is 0.142 e. The van der Waals surface area contributed by atoms with E-state index in [1.807, 2.05) is 31.7 Å². The van der Waals surface area contributed by atoms with Crippen LogP contribution in [0, 0.1) is 5.92 Å². The second kappa shape index (κ2) is 6.83. The van der Waals surface area contributed by atoms with Gasteiger partial charge in [-0.05, 0) is 24.5 Å². The Morgan fingerprint density at radius 2 is 2.23 bits per heavy atom. The zero-order chi connectivity index (χ0) is 15.4. The molecule has 0 radical (unpaired) electrons. The van der Waals surface area contributed by atoms with Gasteiger partial charge in [0.25, 0.3) is 0 Å². The van der Waals surface area contributed by atoms with Crippen LogP contribution in [0.3, 0.4) is 0 Å². The van der Waals surface area contributed by atoms with Crippen molar-refractivity contribution in [1.29, 1.82) is 0 Å². The molecule has 22 heavy (non-hydrogen) atoms. The van der Waals surface area contributed by atoms with Gasteiger partial charge in [-0.3, -0.25) is 0 Å². The average molecular weight is 300 g/mol. The summed E-state index contributed by atoms with van der Waals surface area (Å²) in [7, 11) is 3.77. The van der Waals surface area contributed by atoms with Crippen molar-refractivity contribution in [2.45, 2.75) is 13.0 Å². The van der Waals surface area contributed by atoms with E-state index in [9.17, 15) is 0 Å². The number of rotatable bonds is 6. The summed E-state index contributed by atoms with van der Waals surface area (Å²) in [4.78, 5) is 6.57. The third-order valence-electron chi connectivity index (χ3n) is 4.37. The van der Waals surface area contributed by atoms with Crippen LogP contribution < -0.4 is 15.0 Å². The summed E-state index contributed by atoms with van der Waals surface area (Å²) < 4.78 is 7.53. The van der Waals surface area contributed by atoms with Crippen LogP contribution in [0.4, 0.5) is 5.69 Å². The van der Waals surface area contributed by atoms with E-state index in [0.717, 1.165) is 31.9 Å². The lowest BCUT2D eigenvalue weighted by Crippen LogP contribution is -2.26. The highest BCUT2D eigenvalue weighted by molar-refractivity contribution is 5.59. The molecule has 1 aromatic heterocycles. The lowest BCUT2D eigenvalue weighted by Gasteiger charge is -2.21. The summed E-state index contributed by atoms with van der Waals surface area (Å²) in [5, 5.41) is 3.55. The predicted octanol–water partition coefficient (Wildman–Crippen LogP) is 2.04. The average Bonchev–Trinajstić information content (AvgIpc) is 3.17. The maximum Gasteiger partial charge on any atom is 0.142 e. The van der Waals surface area contributed by atoms with E-state index in [1.54, 1.807) is 7.11 Å². The third-order valence-corrected chi connectivity index (χ3v) is 4.37. The van der Waals surface area contributed by atoms with Crippen LogP contribution >= 0.6 is 0 Å². The highest BCUT2D eigenvalue weighted by Gasteiger charge is 2.24. The Balaban J connectivity index is 1.51. The molecular formula is C17H24N4O. The number of nitrogens with zero attached hydrogens (tertiary/aromatic N) is 3. The first kappa shape index (κ1) is 14.9. The van der Waals surface area contributed by atoms with E-state index in [4.69, 9.17) is 4.74 Å². The van der Waals surface area contributed by atoms with Crippen LogP contribution in [0.5, 0.6) is 5.75 Å². The van der Waals surface area contributed by atoms with Crippen molar-refractivity contribution in [2.75, 3.05) is 31.6 Å². The predicted molar refractivity (Wildman–Crippen MR) is 88.2 cm³/mol. The van der Waals surface area contributed by atoms with Crippen molar-refractivity contribution < 1.29 is 4.74 Å². The van der Waals surface area contributed by atoms with Gasteiger partial charge in [0.2, 0.25) is 0 Å². The molecule has 1 fully saturated rings. The molecule has 0 saturated carbocycles. The molecule has 3 rings (SSSR count). The summed E-state index contributed by atoms with van der Waals surface area (Å²) >= 11 is 0. The quantitative estimate of drug-likeness (QED) is 0.886. The minimum absolute atomic E-state index is 0.679. The fraction of sp³-hybridized carbons (Fsp3) is 0.471. The lowest BCUT2D eigenvalue weighted by molar-refractivity contribution is 0.414. The van der Waals surface area contributed by atoms with Gasteiger partial charge in [0.15, 0.2) is 0 Å². The molecule has 1 unspecified atom stereocenters. The minimum atomic E-state index is 0.679. The van der Waals surface area contributed by atoms with Crippen LogP contribution in [-0.2, 0) is 13.6 Å². The summed E-state index contributed by atoms with van der Waals surface area (Å²) in [5.41, 5.74) is 2.43. The van der Waals surface area contributed by atoms with Gasteiger partial charge in [-0.15, -0.1) is 0 Å². The van der Waals surface area contributed by atoms with Crippen molar-refractivity contribution in [3.63, 3.8) is 0 Å². The normalized spacial score (nSPS) is 17.9. The van der Waals surface area contributed by atoms with E-state index in [-0.39, 0.29) is 0 Å². The van der Waals surface area contributed by atoms with Gasteiger partial charge in [0.05, 0.1) is 24.8 Å². The van der Waals surface area contributed by atoms with Gasteiger partial charge in [-0.25, -0.2) is 4.98 Å². The largest absolute Gasteiger partial charge is 0.495 e. The van der Waals surface area contributed by atoms with Gasteiger partial charge in [0.1, 0.15) is 5.75 Å². The van der Waals surface area contributed by atoms with E-state index in [0.29, 0.717) is 5.92 Å². The van der Waals surface area contributed by atoms with Crippen LogP contribution in [0.25, 0.3) is 0 Å². The van der Waals surface area contributed by atoms with Gasteiger partial charge in [-0.1, -0.05) is 12.1 Å². The molecule has 1 N–H and O–H groups in total. The Morgan fingerprint density at radius 3 is 3.00 bits per heavy atom. The standard InChI is InChI=1S/C17H24N4O/c1-20-13-19-11-15(20)10-18-9-14-7-8-21(12-14)16-5-3-4-6-17(16)22-2/h3-6,11,13-14,18H,7-10,12H2,1-2H3. The zero-order valence-electron chi connectivity index (χ0n) is 13.3. The molecule has 0 amide bonds. The highest BCUT2D eigenvalue weighted by Crippen LogP contribution is 2.31. The second-order valence-corrected chi connectivity index (χ2v) is 5.90. The topological polar surface area (TPSA) is 42.3 Å². The van der Waals surface area contributed by atoms with Crippen molar-refractivity contribution in [3.05, 3.63) is 42.5 Å². The van der Waals surface area contributed by atoms with Crippen LogP contribution in [0.15, 0.2) is 36.8 Å². The number of nitrogens with one attached hydrogen (secondary N) is 1. The zero-order valence-corrected chi connectivity index (χ0v) is 13.3. The second-order valence-electron chi connectivity index (χ2n) is 5.90. The Kier molecular flexibility index (Phi) is 4.63. The van der Waals surface area contributed by atoms with Gasteiger partial charge < -0.3 is 19.5 Å². The summed E-state index contributed by atoms with van der Waals surface area (Å²) in [5.74, 6) is 1.64. The molecule has 1 aliphatic heterocycles. The number of imidazole rings is 1. The SMILES string of the molecule is COc1ccccc1N1CCC(CNCc2cncn2C)C1. The van der Waals surface area contributed by atoms with Gasteiger partial charge in [-0.2, -0.15) is 0 Å². The summed E-state index contributed by atoms with van der Waals surface area (Å²) in [6.45, 7) is 4.09. The Labute approximate surface area is 131 Å². The minimum Gasteiger partial charge on any atom is -0.495 e. The number of benzene rings is 1. The third kappa shape index (κ3) is 3.25. The van der Waals surface area contributed by atoms with Crippen LogP contribution in [-0.4, -0.2) is 36.3 Å². The first-order valence-electron chi connectivity index (χ1n) is 7.82. The molecule has 2 heterocycles. The first-order valence-corrected chi connectivity index (χ1v) is 7.82. The van der Waals surface area contributed by atoms with Gasteiger partial charge in [0, 0.05) is 39.4 Å². The Hall–Kier alpha value is -2.01. The molecule has 1 aromatic carbocycles. The van der Waals surface area contributed by atoms with E-state index < -0.39 is 0 Å². The van der Waals surface area contributed by atoms with Gasteiger partial charge >= 0.3 is 0 Å². The number of para-hydroxylation sites is 2. The van der Waals surface area contributed by atoms with Crippen molar-refractivity contribution >= 4 is 5.69 Å². The highest BCUT2D eigenvalue weighted by atomic mass is 16.5. The Morgan fingerprint density at radius 1 is 1.36 bits per heavy atom. The maximum atomic E-state index is 5.47. The monoisotopic (exact) mass is 300 g/mol. The molecule has 1 atom stereocenters. The number of hydrogen-bond acceptors (Lipinski definition) is 4. The first-order chi connectivity index (χ1) is 10.8. The van der Waals surface area contributed by atoms with E-state index in [1.165, 1.54) is 17.8 Å². The molecule has 0 aliphatic carbocycles. The number of hydrogen-bond donors (Lipinski definition) is 1. The van der Waals surface area contributed by atoms with Crippen molar-refractivity contribution in [1.82, 2.24) is 14.9 Å². The van der Waals surface area contributed by atoms with Crippen molar-refractivity contribution in [2.24, 2.45) is 13.0 Å². The summed E-state index contributed by atoms with van der Waals surface area (Å²) in [6.07, 6.45) is 4.98. The Bertz CT molecular complexity index is 610. The number of anilines is 1. The van der Waals surface area contributed by atoms with E-state index in [2.05, 4.69) is 31.9 Å². The molecule has 5 nitrogen and oxygen atoms in total.